The SMILES string of the molecule is O=C(Nc1nccs1)/C(=C/c1cccs1)c1ccc([N+](=O)O)cc1. The minimum Gasteiger partial charge on any atom is -0.298 e. The van der Waals surface area contributed by atoms with Crippen molar-refractivity contribution in [3.63, 3.8) is 0 Å². The number of rotatable bonds is 5. The van der Waals surface area contributed by atoms with Gasteiger partial charge in [0, 0.05) is 34.2 Å². The Hall–Kier alpha value is -2.84. The van der Waals surface area contributed by atoms with Gasteiger partial charge in [0.1, 0.15) is 0 Å². The van der Waals surface area contributed by atoms with Crippen molar-refractivity contribution in [3.8, 4) is 0 Å². The van der Waals surface area contributed by atoms with Crippen LogP contribution in [0, 0.1) is 4.91 Å². The summed E-state index contributed by atoms with van der Waals surface area (Å²) >= 11 is 2.84. The molecule has 8 heteroatoms. The number of hydrogen-bond donors (Lipinski definition) is 2. The molecule has 2 N–H and O–H groups in total. The summed E-state index contributed by atoms with van der Waals surface area (Å²) in [5.41, 5.74) is 1.16. The molecular weight excluding hydrogens is 346 g/mol. The third-order valence-corrected chi connectivity index (χ3v) is 4.63. The fourth-order valence-corrected chi connectivity index (χ4v) is 3.20. The van der Waals surface area contributed by atoms with Crippen molar-refractivity contribution in [3.05, 3.63) is 68.7 Å². The molecule has 3 aromatic rings. The first kappa shape index (κ1) is 16.0. The maximum absolute atomic E-state index is 12.6. The lowest BCUT2D eigenvalue weighted by Gasteiger charge is -2.07. The molecule has 2 aromatic heterocycles. The van der Waals surface area contributed by atoms with Gasteiger partial charge in [0.05, 0.1) is 4.91 Å². The van der Waals surface area contributed by atoms with E-state index < -0.39 is 0 Å². The Balaban J connectivity index is 1.95. The number of nitrogens with zero attached hydrogens (tertiary/aromatic N) is 2. The molecule has 0 unspecified atom stereocenters. The second-order valence-electron chi connectivity index (χ2n) is 4.68. The number of aromatic nitrogens is 1. The van der Waals surface area contributed by atoms with Crippen LogP contribution in [0.25, 0.3) is 11.6 Å². The first-order valence-corrected chi connectivity index (χ1v) is 8.62. The highest BCUT2D eigenvalue weighted by Gasteiger charge is 2.17. The molecule has 0 aliphatic carbocycles. The standard InChI is InChI=1S/C16H11N3O3S2/c20-15(18-16-17-7-9-24-16)14(10-13-2-1-8-23-13)11-3-5-12(6-4-11)19(21)22/h1-10H,(H-,17,18,20,21,22)/p+1/b14-10+. The van der Waals surface area contributed by atoms with Crippen LogP contribution in [0.4, 0.5) is 10.8 Å². The van der Waals surface area contributed by atoms with Crippen LogP contribution >= 0.6 is 22.7 Å². The Morgan fingerprint density at radius 2 is 1.96 bits per heavy atom. The van der Waals surface area contributed by atoms with E-state index in [9.17, 15) is 9.70 Å². The van der Waals surface area contributed by atoms with E-state index in [0.717, 1.165) is 4.88 Å². The summed E-state index contributed by atoms with van der Waals surface area (Å²) in [7, 11) is 0. The maximum Gasteiger partial charge on any atom is 0.316 e. The lowest BCUT2D eigenvalue weighted by molar-refractivity contribution is -0.729. The van der Waals surface area contributed by atoms with E-state index in [4.69, 9.17) is 5.21 Å². The van der Waals surface area contributed by atoms with E-state index in [-0.39, 0.29) is 16.5 Å². The molecule has 1 aromatic carbocycles. The number of carbonyl (C=O) groups excluding carboxylic acids is 1. The summed E-state index contributed by atoms with van der Waals surface area (Å²) in [6.45, 7) is 0. The smallest absolute Gasteiger partial charge is 0.298 e. The number of nitrogens with one attached hydrogen (secondary N) is 1. The second kappa shape index (κ2) is 7.16. The van der Waals surface area contributed by atoms with Crippen molar-refractivity contribution in [2.24, 2.45) is 0 Å². The molecule has 0 atom stereocenters. The van der Waals surface area contributed by atoms with Gasteiger partial charge in [-0.1, -0.05) is 6.07 Å². The number of benzene rings is 1. The summed E-state index contributed by atoms with van der Waals surface area (Å²) in [5, 5.41) is 15.9. The van der Waals surface area contributed by atoms with Crippen molar-refractivity contribution in [1.82, 2.24) is 4.98 Å². The predicted molar refractivity (Wildman–Crippen MR) is 94.4 cm³/mol. The van der Waals surface area contributed by atoms with Crippen LogP contribution < -0.4 is 5.32 Å². The minimum absolute atomic E-state index is 0.0922. The molecule has 3 rings (SSSR count). The zero-order valence-corrected chi connectivity index (χ0v) is 13.9. The van der Waals surface area contributed by atoms with Crippen LogP contribution in [0.2, 0.25) is 0 Å². The quantitative estimate of drug-likeness (QED) is 0.529. The lowest BCUT2D eigenvalue weighted by atomic mass is 10.0. The Kier molecular flexibility index (Phi) is 4.78. The van der Waals surface area contributed by atoms with Gasteiger partial charge in [-0.05, 0) is 35.2 Å². The van der Waals surface area contributed by atoms with Gasteiger partial charge >= 0.3 is 5.69 Å². The predicted octanol–water partition coefficient (Wildman–Crippen LogP) is 4.18. The average Bonchev–Trinajstić information content (AvgIpc) is 3.26. The molecule has 0 radical (unpaired) electrons. The number of carbonyl (C=O) groups is 1. The summed E-state index contributed by atoms with van der Waals surface area (Å²) in [6.07, 6.45) is 3.39. The van der Waals surface area contributed by atoms with Gasteiger partial charge in [0.2, 0.25) is 0 Å². The number of thiazole rings is 1. The van der Waals surface area contributed by atoms with E-state index in [1.54, 1.807) is 29.8 Å². The van der Waals surface area contributed by atoms with Crippen molar-refractivity contribution in [1.29, 1.82) is 0 Å². The molecule has 0 fully saturated rings. The highest BCUT2D eigenvalue weighted by molar-refractivity contribution is 7.13. The number of amides is 1. The molecular formula is C16H12N3O3S2+. The summed E-state index contributed by atoms with van der Waals surface area (Å²) in [6, 6.07) is 9.91. The normalized spacial score (nSPS) is 11.2. The van der Waals surface area contributed by atoms with Crippen LogP contribution in [0.3, 0.4) is 0 Å². The van der Waals surface area contributed by atoms with Gasteiger partial charge in [0.15, 0.2) is 5.13 Å². The van der Waals surface area contributed by atoms with E-state index in [2.05, 4.69) is 10.3 Å². The van der Waals surface area contributed by atoms with E-state index in [0.29, 0.717) is 16.3 Å². The lowest BCUT2D eigenvalue weighted by Crippen LogP contribution is -2.13. The van der Waals surface area contributed by atoms with Gasteiger partial charge in [-0.25, -0.2) is 10.2 Å². The fraction of sp³-hybridized carbons (Fsp3) is 0. The molecule has 0 saturated carbocycles. The summed E-state index contributed by atoms with van der Waals surface area (Å²) < 4.78 is 0. The molecule has 0 aliphatic heterocycles. The van der Waals surface area contributed by atoms with Gasteiger partial charge < -0.3 is 0 Å². The van der Waals surface area contributed by atoms with Gasteiger partial charge in [-0.2, -0.15) is 0 Å². The highest BCUT2D eigenvalue weighted by atomic mass is 32.1. The zero-order chi connectivity index (χ0) is 16.9. The minimum atomic E-state index is -0.297. The van der Waals surface area contributed by atoms with Gasteiger partial charge in [-0.15, -0.1) is 22.7 Å². The van der Waals surface area contributed by atoms with Crippen LogP contribution in [-0.2, 0) is 4.79 Å². The van der Waals surface area contributed by atoms with Gasteiger partial charge in [-0.3, -0.25) is 10.1 Å². The van der Waals surface area contributed by atoms with E-state index in [1.807, 2.05) is 17.5 Å². The van der Waals surface area contributed by atoms with Gasteiger partial charge in [0.25, 0.3) is 10.8 Å². The first-order valence-electron chi connectivity index (χ1n) is 6.86. The Morgan fingerprint density at radius 1 is 1.17 bits per heavy atom. The molecule has 1 amide bonds. The van der Waals surface area contributed by atoms with E-state index in [1.165, 1.54) is 34.8 Å². The monoisotopic (exact) mass is 358 g/mol. The molecule has 0 spiro atoms. The van der Waals surface area contributed by atoms with Crippen molar-refractivity contribution >= 4 is 51.0 Å². The fourth-order valence-electron chi connectivity index (χ4n) is 2.01. The van der Waals surface area contributed by atoms with Crippen LogP contribution in [0.5, 0.6) is 0 Å². The van der Waals surface area contributed by atoms with Crippen molar-refractivity contribution < 1.29 is 14.9 Å². The van der Waals surface area contributed by atoms with E-state index >= 15 is 0 Å². The molecule has 120 valence electrons. The Morgan fingerprint density at radius 3 is 2.54 bits per heavy atom. The molecule has 24 heavy (non-hydrogen) atoms. The number of thiophene rings is 1. The molecule has 0 saturated heterocycles. The summed E-state index contributed by atoms with van der Waals surface area (Å²) in [4.78, 5) is 28.3. The molecule has 2 heterocycles. The topological polar surface area (TPSA) is 82.3 Å². The first-order chi connectivity index (χ1) is 11.6. The number of anilines is 1. The van der Waals surface area contributed by atoms with Crippen LogP contribution in [0.1, 0.15) is 10.4 Å². The Labute approximate surface area is 145 Å². The molecule has 6 nitrogen and oxygen atoms in total. The van der Waals surface area contributed by atoms with Crippen LogP contribution in [0.15, 0.2) is 53.4 Å². The third-order valence-electron chi connectivity index (χ3n) is 3.13. The van der Waals surface area contributed by atoms with Crippen LogP contribution in [-0.4, -0.2) is 21.0 Å². The highest BCUT2D eigenvalue weighted by Crippen LogP contribution is 2.25. The largest absolute Gasteiger partial charge is 0.316 e. The zero-order valence-electron chi connectivity index (χ0n) is 12.2. The molecule has 0 bridgehead atoms. The van der Waals surface area contributed by atoms with Crippen molar-refractivity contribution in [2.75, 3.05) is 5.32 Å². The third kappa shape index (κ3) is 3.73. The average molecular weight is 358 g/mol. The van der Waals surface area contributed by atoms with Crippen molar-refractivity contribution in [2.45, 2.75) is 0 Å². The Bertz CT molecular complexity index is 870. The second-order valence-corrected chi connectivity index (χ2v) is 6.56. The number of hydrogen-bond acceptors (Lipinski definition) is 5. The molecule has 0 aliphatic rings. The summed E-state index contributed by atoms with van der Waals surface area (Å²) in [5.74, 6) is -0.297. The maximum atomic E-state index is 12.6.